The molecule has 20 heavy (non-hydrogen) atoms. The molecule has 2 unspecified atom stereocenters. The summed E-state index contributed by atoms with van der Waals surface area (Å²) in [5.41, 5.74) is 2.38. The highest BCUT2D eigenvalue weighted by Gasteiger charge is 2.32. The van der Waals surface area contributed by atoms with Crippen LogP contribution >= 0.6 is 0 Å². The van der Waals surface area contributed by atoms with Gasteiger partial charge in [-0.15, -0.1) is 0 Å². The largest absolute Gasteiger partial charge is 0.416 e. The maximum atomic E-state index is 12.7. The summed E-state index contributed by atoms with van der Waals surface area (Å²) in [5.74, 6) is 5.51. The average Bonchev–Trinajstić information content (AvgIpc) is 2.39. The Morgan fingerprint density at radius 2 is 2.00 bits per heavy atom. The van der Waals surface area contributed by atoms with Gasteiger partial charge in [0, 0.05) is 6.61 Å². The highest BCUT2D eigenvalue weighted by atomic mass is 19.4. The number of ether oxygens (including phenoxy) is 1. The van der Waals surface area contributed by atoms with Crippen molar-refractivity contribution in [2.75, 3.05) is 6.61 Å². The fourth-order valence-corrected chi connectivity index (χ4v) is 2.17. The molecule has 0 fully saturated rings. The maximum absolute atomic E-state index is 12.7. The van der Waals surface area contributed by atoms with E-state index in [1.54, 1.807) is 6.07 Å². The third-order valence-electron chi connectivity index (χ3n) is 3.08. The maximum Gasteiger partial charge on any atom is 0.416 e. The van der Waals surface area contributed by atoms with Gasteiger partial charge in [-0.05, 0) is 31.0 Å². The number of alkyl halides is 3. The van der Waals surface area contributed by atoms with Crippen LogP contribution in [-0.2, 0) is 10.9 Å². The second-order valence-electron chi connectivity index (χ2n) is 4.55. The summed E-state index contributed by atoms with van der Waals surface area (Å²) in [6.07, 6.45) is -3.03. The Morgan fingerprint density at radius 3 is 2.50 bits per heavy atom. The smallest absolute Gasteiger partial charge is 0.376 e. The minimum Gasteiger partial charge on any atom is -0.376 e. The van der Waals surface area contributed by atoms with Crippen LogP contribution in [0.2, 0.25) is 0 Å². The van der Waals surface area contributed by atoms with E-state index in [0.29, 0.717) is 12.2 Å². The highest BCUT2D eigenvalue weighted by Crippen LogP contribution is 2.32. The Hall–Kier alpha value is -1.11. The molecule has 0 radical (unpaired) electrons. The van der Waals surface area contributed by atoms with E-state index >= 15 is 0 Å². The molecule has 0 aromatic heterocycles. The Balaban J connectivity index is 3.04. The van der Waals surface area contributed by atoms with Crippen LogP contribution in [0.5, 0.6) is 0 Å². The Kier molecular flexibility index (Phi) is 6.45. The molecule has 0 bridgehead atoms. The second kappa shape index (κ2) is 7.61. The molecule has 1 aromatic carbocycles. The first kappa shape index (κ1) is 16.9. The van der Waals surface area contributed by atoms with E-state index in [1.165, 1.54) is 6.07 Å². The zero-order valence-corrected chi connectivity index (χ0v) is 11.7. The molecule has 0 spiro atoms. The molecule has 0 saturated heterocycles. The number of hydrogen-bond acceptors (Lipinski definition) is 3. The Labute approximate surface area is 117 Å². The van der Waals surface area contributed by atoms with Crippen LogP contribution in [0.4, 0.5) is 13.2 Å². The van der Waals surface area contributed by atoms with Crippen LogP contribution in [0.1, 0.15) is 43.9 Å². The number of nitrogens with one attached hydrogen (secondary N) is 1. The summed E-state index contributed by atoms with van der Waals surface area (Å²) >= 11 is 0. The Bertz CT molecular complexity index is 404. The summed E-state index contributed by atoms with van der Waals surface area (Å²) in [6, 6.07) is 4.72. The number of nitrogens with two attached hydrogens (primary N) is 1. The molecule has 2 atom stereocenters. The first-order valence-corrected chi connectivity index (χ1v) is 6.68. The molecule has 3 N–H and O–H groups in total. The summed E-state index contributed by atoms with van der Waals surface area (Å²) in [6.45, 7) is 4.33. The van der Waals surface area contributed by atoms with Gasteiger partial charge in [0.05, 0.1) is 17.7 Å². The van der Waals surface area contributed by atoms with Gasteiger partial charge in [0.25, 0.3) is 0 Å². The van der Waals surface area contributed by atoms with Gasteiger partial charge in [-0.1, -0.05) is 25.5 Å². The van der Waals surface area contributed by atoms with Crippen LogP contribution < -0.4 is 11.3 Å². The van der Waals surface area contributed by atoms with E-state index in [-0.39, 0.29) is 6.10 Å². The Morgan fingerprint density at radius 1 is 1.30 bits per heavy atom. The fourth-order valence-electron chi connectivity index (χ4n) is 2.17. The van der Waals surface area contributed by atoms with Gasteiger partial charge < -0.3 is 4.74 Å². The van der Waals surface area contributed by atoms with E-state index in [4.69, 9.17) is 10.6 Å². The van der Waals surface area contributed by atoms with Crippen molar-refractivity contribution in [3.05, 3.63) is 35.4 Å². The van der Waals surface area contributed by atoms with Gasteiger partial charge >= 0.3 is 6.18 Å². The minimum absolute atomic E-state index is 0.251. The highest BCUT2D eigenvalue weighted by molar-refractivity contribution is 5.28. The zero-order chi connectivity index (χ0) is 15.2. The lowest BCUT2D eigenvalue weighted by Gasteiger charge is -2.27. The molecular weight excluding hydrogens is 269 g/mol. The van der Waals surface area contributed by atoms with Crippen molar-refractivity contribution < 1.29 is 17.9 Å². The molecule has 3 nitrogen and oxygen atoms in total. The minimum atomic E-state index is -4.36. The molecule has 0 amide bonds. The number of benzene rings is 1. The monoisotopic (exact) mass is 290 g/mol. The third-order valence-corrected chi connectivity index (χ3v) is 3.08. The van der Waals surface area contributed by atoms with Crippen LogP contribution in [0.3, 0.4) is 0 Å². The van der Waals surface area contributed by atoms with Crippen molar-refractivity contribution in [1.29, 1.82) is 0 Å². The van der Waals surface area contributed by atoms with Crippen molar-refractivity contribution >= 4 is 0 Å². The summed E-state index contributed by atoms with van der Waals surface area (Å²) in [7, 11) is 0. The van der Waals surface area contributed by atoms with Crippen molar-refractivity contribution in [3.8, 4) is 0 Å². The summed E-state index contributed by atoms with van der Waals surface area (Å²) in [4.78, 5) is 0. The van der Waals surface area contributed by atoms with E-state index in [9.17, 15) is 13.2 Å². The second-order valence-corrected chi connectivity index (χ2v) is 4.55. The predicted octanol–water partition coefficient (Wildman–Crippen LogP) is 3.42. The molecule has 0 heterocycles. The van der Waals surface area contributed by atoms with Gasteiger partial charge in [-0.3, -0.25) is 11.3 Å². The molecule has 6 heteroatoms. The molecule has 1 rings (SSSR count). The zero-order valence-electron chi connectivity index (χ0n) is 11.7. The first-order valence-electron chi connectivity index (χ1n) is 6.68. The fraction of sp³-hybridized carbons (Fsp3) is 0.571. The van der Waals surface area contributed by atoms with Crippen LogP contribution in [-0.4, -0.2) is 12.7 Å². The molecule has 1 aromatic rings. The molecule has 0 saturated carbocycles. The van der Waals surface area contributed by atoms with Gasteiger partial charge in [0.15, 0.2) is 0 Å². The standard InChI is InChI=1S/C14H21F3N2O/c1-3-6-12(20-4-2)13(19-18)10-7-5-8-11(9-10)14(15,16)17/h5,7-9,12-13,19H,3-4,6,18H2,1-2H3. The summed E-state index contributed by atoms with van der Waals surface area (Å²) in [5, 5.41) is 0. The molecule has 114 valence electrons. The topological polar surface area (TPSA) is 47.3 Å². The molecule has 0 aliphatic heterocycles. The van der Waals surface area contributed by atoms with Crippen molar-refractivity contribution in [2.24, 2.45) is 5.84 Å². The van der Waals surface area contributed by atoms with E-state index < -0.39 is 17.8 Å². The van der Waals surface area contributed by atoms with Crippen molar-refractivity contribution in [1.82, 2.24) is 5.43 Å². The van der Waals surface area contributed by atoms with Gasteiger partial charge in [-0.25, -0.2) is 0 Å². The van der Waals surface area contributed by atoms with Crippen LogP contribution in [0.15, 0.2) is 24.3 Å². The van der Waals surface area contributed by atoms with Crippen LogP contribution in [0.25, 0.3) is 0 Å². The van der Waals surface area contributed by atoms with Gasteiger partial charge in [-0.2, -0.15) is 13.2 Å². The van der Waals surface area contributed by atoms with E-state index in [0.717, 1.165) is 25.0 Å². The van der Waals surface area contributed by atoms with Crippen molar-refractivity contribution in [3.63, 3.8) is 0 Å². The number of rotatable bonds is 7. The number of hydrazine groups is 1. The molecular formula is C14H21F3N2O. The lowest BCUT2D eigenvalue weighted by molar-refractivity contribution is -0.137. The van der Waals surface area contributed by atoms with E-state index in [1.807, 2.05) is 13.8 Å². The lowest BCUT2D eigenvalue weighted by atomic mass is 9.97. The molecule has 0 aliphatic rings. The van der Waals surface area contributed by atoms with Gasteiger partial charge in [0.2, 0.25) is 0 Å². The quantitative estimate of drug-likeness (QED) is 0.597. The van der Waals surface area contributed by atoms with E-state index in [2.05, 4.69) is 5.43 Å². The van der Waals surface area contributed by atoms with Crippen molar-refractivity contribution in [2.45, 2.75) is 45.0 Å². The predicted molar refractivity (Wildman–Crippen MR) is 71.8 cm³/mol. The average molecular weight is 290 g/mol. The molecule has 0 aliphatic carbocycles. The SMILES string of the molecule is CCCC(OCC)C(NN)c1cccc(C(F)(F)F)c1. The number of hydrogen-bond donors (Lipinski definition) is 2. The lowest BCUT2D eigenvalue weighted by Crippen LogP contribution is -2.38. The normalized spacial score (nSPS) is 15.1. The third kappa shape index (κ3) is 4.47. The van der Waals surface area contributed by atoms with Crippen LogP contribution in [0, 0.1) is 0 Å². The number of halogens is 3. The summed E-state index contributed by atoms with van der Waals surface area (Å²) < 4.78 is 43.8. The first-order chi connectivity index (χ1) is 9.43. The van der Waals surface area contributed by atoms with Gasteiger partial charge in [0.1, 0.15) is 0 Å².